The number of thioether (sulfide) groups is 1. The van der Waals surface area contributed by atoms with Gasteiger partial charge in [0.2, 0.25) is 5.91 Å². The molecule has 1 atom stereocenters. The Balaban J connectivity index is 1.59. The van der Waals surface area contributed by atoms with Crippen molar-refractivity contribution in [3.05, 3.63) is 104 Å². The van der Waals surface area contributed by atoms with Crippen molar-refractivity contribution in [1.29, 1.82) is 5.26 Å². The van der Waals surface area contributed by atoms with Crippen LogP contribution in [0, 0.1) is 32.1 Å². The summed E-state index contributed by atoms with van der Waals surface area (Å²) in [6, 6.07) is 16.8. The van der Waals surface area contributed by atoms with E-state index in [0.717, 1.165) is 22.4 Å². The monoisotopic (exact) mass is 546 g/mol. The quantitative estimate of drug-likeness (QED) is 0.309. The molecule has 38 heavy (non-hydrogen) atoms. The van der Waals surface area contributed by atoms with Crippen LogP contribution < -0.4 is 16.0 Å². The van der Waals surface area contributed by atoms with E-state index in [1.165, 1.54) is 18.0 Å². The van der Waals surface area contributed by atoms with Crippen molar-refractivity contribution in [3.63, 3.8) is 0 Å². The number of hydrogen-bond donors (Lipinski definition) is 3. The molecular formula is C29H27ClN4O3S. The topological polar surface area (TPSA) is 107 Å². The lowest BCUT2D eigenvalue weighted by atomic mass is 9.85. The number of halogens is 1. The van der Waals surface area contributed by atoms with Gasteiger partial charge in [0.15, 0.2) is 0 Å². The molecule has 0 aliphatic carbocycles. The molecule has 194 valence electrons. The van der Waals surface area contributed by atoms with Gasteiger partial charge in [-0.05, 0) is 68.7 Å². The van der Waals surface area contributed by atoms with E-state index in [-0.39, 0.29) is 17.6 Å². The minimum absolute atomic E-state index is 0.0428. The number of anilines is 2. The van der Waals surface area contributed by atoms with Gasteiger partial charge < -0.3 is 20.4 Å². The van der Waals surface area contributed by atoms with Gasteiger partial charge in [0, 0.05) is 22.1 Å². The van der Waals surface area contributed by atoms with Crippen molar-refractivity contribution in [1.82, 2.24) is 5.32 Å². The summed E-state index contributed by atoms with van der Waals surface area (Å²) < 4.78 is 5.68. The molecule has 0 fully saturated rings. The Morgan fingerprint density at radius 3 is 2.42 bits per heavy atom. The van der Waals surface area contributed by atoms with Gasteiger partial charge in [-0.15, -0.1) is 0 Å². The number of benzene rings is 2. The first-order chi connectivity index (χ1) is 18.2. The molecule has 7 nitrogen and oxygen atoms in total. The molecule has 4 rings (SSSR count). The van der Waals surface area contributed by atoms with E-state index >= 15 is 0 Å². The van der Waals surface area contributed by atoms with E-state index in [1.54, 1.807) is 31.2 Å². The van der Waals surface area contributed by atoms with Gasteiger partial charge in [-0.2, -0.15) is 5.26 Å². The van der Waals surface area contributed by atoms with Crippen molar-refractivity contribution in [2.75, 3.05) is 16.4 Å². The Bertz CT molecular complexity index is 1480. The number of aryl methyl sites for hydroxylation is 3. The third-order valence-corrected chi connectivity index (χ3v) is 7.67. The molecule has 0 radical (unpaired) electrons. The molecule has 3 aromatic rings. The number of allylic oxidation sites excluding steroid dienone is 2. The number of nitrogens with one attached hydrogen (secondary N) is 3. The van der Waals surface area contributed by atoms with E-state index in [9.17, 15) is 14.9 Å². The fraction of sp³-hybridized carbons (Fsp3) is 0.207. The molecule has 1 aliphatic heterocycles. The van der Waals surface area contributed by atoms with Crippen LogP contribution in [0.5, 0.6) is 0 Å². The normalized spacial score (nSPS) is 15.1. The first-order valence-corrected chi connectivity index (χ1v) is 13.3. The number of amides is 2. The largest absolute Gasteiger partial charge is 0.468 e. The Morgan fingerprint density at radius 1 is 1.05 bits per heavy atom. The molecule has 0 spiro atoms. The lowest BCUT2D eigenvalue weighted by Crippen LogP contribution is -2.31. The van der Waals surface area contributed by atoms with E-state index < -0.39 is 5.92 Å². The van der Waals surface area contributed by atoms with Crippen LogP contribution >= 0.6 is 23.4 Å². The zero-order valence-corrected chi connectivity index (χ0v) is 23.0. The minimum Gasteiger partial charge on any atom is -0.468 e. The molecule has 2 amide bonds. The highest BCUT2D eigenvalue weighted by molar-refractivity contribution is 8.03. The van der Waals surface area contributed by atoms with Gasteiger partial charge in [0.25, 0.3) is 5.91 Å². The SMILES string of the molecule is CC1=C(C(=O)Nc2c(C)cccc2C)C(c2ccco2)C(C#N)=C(SCC(=O)Nc2ccc(C)c(Cl)c2)N1. The average molecular weight is 547 g/mol. The highest BCUT2D eigenvalue weighted by Gasteiger charge is 2.36. The third kappa shape index (κ3) is 5.80. The molecule has 1 aliphatic rings. The summed E-state index contributed by atoms with van der Waals surface area (Å²) in [7, 11) is 0. The number of nitriles is 1. The predicted octanol–water partition coefficient (Wildman–Crippen LogP) is 6.56. The van der Waals surface area contributed by atoms with Gasteiger partial charge >= 0.3 is 0 Å². The number of dihydropyridines is 1. The van der Waals surface area contributed by atoms with Crippen LogP contribution in [0.15, 0.2) is 81.1 Å². The number of furan rings is 1. The molecule has 0 saturated heterocycles. The van der Waals surface area contributed by atoms with Crippen LogP contribution in [0.1, 0.15) is 35.3 Å². The van der Waals surface area contributed by atoms with E-state index in [1.807, 2.05) is 45.0 Å². The standard InChI is InChI=1S/C29H27ClN4O3S/c1-16-10-11-20(13-22(16)30)33-24(35)15-38-29-21(14-31)26(23-9-6-12-37-23)25(19(4)32-29)28(36)34-27-17(2)7-5-8-18(27)3/h5-13,26,32H,15H2,1-4H3,(H,33,35)(H,34,36). The molecule has 1 aromatic heterocycles. The lowest BCUT2D eigenvalue weighted by molar-refractivity contribution is -0.114. The number of rotatable bonds is 7. The Kier molecular flexibility index (Phi) is 8.30. The van der Waals surface area contributed by atoms with E-state index in [2.05, 4.69) is 22.0 Å². The maximum atomic E-state index is 13.6. The summed E-state index contributed by atoms with van der Waals surface area (Å²) in [5.74, 6) is -0.815. The fourth-order valence-electron chi connectivity index (χ4n) is 4.27. The van der Waals surface area contributed by atoms with Crippen LogP contribution in [0.25, 0.3) is 0 Å². The molecular weight excluding hydrogens is 520 g/mol. The molecule has 3 N–H and O–H groups in total. The van der Waals surface area contributed by atoms with Crippen LogP contribution in [-0.2, 0) is 9.59 Å². The Hall–Kier alpha value is -3.93. The second kappa shape index (κ2) is 11.6. The Labute approximate surface area is 230 Å². The van der Waals surface area contributed by atoms with Crippen molar-refractivity contribution < 1.29 is 14.0 Å². The number of carbonyl (C=O) groups excluding carboxylic acids is 2. The second-order valence-electron chi connectivity index (χ2n) is 8.99. The van der Waals surface area contributed by atoms with Crippen molar-refractivity contribution in [3.8, 4) is 6.07 Å². The van der Waals surface area contributed by atoms with Gasteiger partial charge in [-0.1, -0.05) is 47.6 Å². The third-order valence-electron chi connectivity index (χ3n) is 6.24. The number of para-hydroxylation sites is 1. The van der Waals surface area contributed by atoms with E-state index in [4.69, 9.17) is 16.0 Å². The molecule has 2 heterocycles. The predicted molar refractivity (Wildman–Crippen MR) is 152 cm³/mol. The van der Waals surface area contributed by atoms with Gasteiger partial charge in [0.05, 0.1) is 40.2 Å². The Morgan fingerprint density at radius 2 is 1.79 bits per heavy atom. The van der Waals surface area contributed by atoms with Gasteiger partial charge in [0.1, 0.15) is 5.76 Å². The first kappa shape index (κ1) is 27.1. The first-order valence-electron chi connectivity index (χ1n) is 11.9. The van der Waals surface area contributed by atoms with Crippen LogP contribution in [0.2, 0.25) is 5.02 Å². The number of hydrogen-bond acceptors (Lipinski definition) is 6. The summed E-state index contributed by atoms with van der Waals surface area (Å²) in [4.78, 5) is 26.3. The van der Waals surface area contributed by atoms with Crippen LogP contribution in [-0.4, -0.2) is 17.6 Å². The van der Waals surface area contributed by atoms with Gasteiger partial charge in [-0.25, -0.2) is 0 Å². The van der Waals surface area contributed by atoms with Crippen LogP contribution in [0.3, 0.4) is 0 Å². The molecule has 0 saturated carbocycles. The zero-order chi connectivity index (χ0) is 27.4. The average Bonchev–Trinajstić information content (AvgIpc) is 3.41. The van der Waals surface area contributed by atoms with Gasteiger partial charge in [-0.3, -0.25) is 9.59 Å². The zero-order valence-electron chi connectivity index (χ0n) is 21.4. The van der Waals surface area contributed by atoms with Crippen molar-refractivity contribution in [2.24, 2.45) is 0 Å². The highest BCUT2D eigenvalue weighted by Crippen LogP contribution is 2.41. The summed E-state index contributed by atoms with van der Waals surface area (Å²) >= 11 is 7.35. The summed E-state index contributed by atoms with van der Waals surface area (Å²) in [6.07, 6.45) is 1.51. The maximum absolute atomic E-state index is 13.6. The fourth-order valence-corrected chi connectivity index (χ4v) is 5.34. The molecule has 9 heteroatoms. The number of nitrogens with zero attached hydrogens (tertiary/aromatic N) is 1. The molecule has 1 unspecified atom stereocenters. The van der Waals surface area contributed by atoms with Crippen molar-refractivity contribution in [2.45, 2.75) is 33.6 Å². The summed E-state index contributed by atoms with van der Waals surface area (Å²) in [5, 5.41) is 20.3. The summed E-state index contributed by atoms with van der Waals surface area (Å²) in [6.45, 7) is 7.52. The molecule has 2 aromatic carbocycles. The second-order valence-corrected chi connectivity index (χ2v) is 10.4. The molecule has 0 bridgehead atoms. The lowest BCUT2D eigenvalue weighted by Gasteiger charge is -2.28. The number of carbonyl (C=O) groups is 2. The maximum Gasteiger partial charge on any atom is 0.254 e. The van der Waals surface area contributed by atoms with E-state index in [0.29, 0.717) is 38.3 Å². The minimum atomic E-state index is -0.734. The smallest absolute Gasteiger partial charge is 0.254 e. The summed E-state index contributed by atoms with van der Waals surface area (Å²) in [5.41, 5.74) is 5.35. The van der Waals surface area contributed by atoms with Crippen LogP contribution in [0.4, 0.5) is 11.4 Å². The van der Waals surface area contributed by atoms with Crippen molar-refractivity contribution >= 4 is 46.6 Å². The highest BCUT2D eigenvalue weighted by atomic mass is 35.5.